The van der Waals surface area contributed by atoms with Crippen molar-refractivity contribution < 1.29 is 28.7 Å². The van der Waals surface area contributed by atoms with Crippen LogP contribution in [0.1, 0.15) is 57.6 Å². The van der Waals surface area contributed by atoms with Gasteiger partial charge in [0.15, 0.2) is 5.54 Å². The number of halogens is 2. The summed E-state index contributed by atoms with van der Waals surface area (Å²) in [6.07, 6.45) is 0.978. The van der Waals surface area contributed by atoms with Crippen molar-refractivity contribution in [1.29, 1.82) is 5.26 Å². The standard InChI is InChI=1S/C35H43ClFN5O5/c1-22(2)17-27(20-38)33(46)42-15-13-25(14-16-42)19-29(32(45)40-21-26-8-4-5-10-30(26)36)35(23(3)43,34(39)47)41-31(44)12-11-24-7-6-9-28(37)18-24/h4-10,17-18,22-23,25,29,43H,11-16,19,21H2,1-3H3,(H2,39,47)(H,40,45)(H,41,44)/t23?,29-,35?/m1/s1. The summed E-state index contributed by atoms with van der Waals surface area (Å²) < 4.78 is 13.7. The maximum Gasteiger partial charge on any atom is 0.264 e. The van der Waals surface area contributed by atoms with Gasteiger partial charge in [0.2, 0.25) is 17.7 Å². The molecule has 1 aliphatic heterocycles. The molecule has 2 aromatic rings. The molecule has 0 saturated carbocycles. The zero-order valence-electron chi connectivity index (χ0n) is 27.0. The first-order valence-corrected chi connectivity index (χ1v) is 16.1. The van der Waals surface area contributed by atoms with Crippen molar-refractivity contribution in [2.24, 2.45) is 23.5 Å². The fraction of sp³-hybridized carbons (Fsp3) is 0.457. The molecule has 3 rings (SSSR count). The van der Waals surface area contributed by atoms with Crippen LogP contribution in [0.2, 0.25) is 5.02 Å². The second-order valence-electron chi connectivity index (χ2n) is 12.4. The van der Waals surface area contributed by atoms with E-state index < -0.39 is 41.1 Å². The van der Waals surface area contributed by atoms with Crippen molar-refractivity contribution in [3.63, 3.8) is 0 Å². The Bertz CT molecular complexity index is 1520. The molecule has 47 heavy (non-hydrogen) atoms. The number of hydrogen-bond donors (Lipinski definition) is 4. The molecule has 0 aromatic heterocycles. The topological polar surface area (TPSA) is 166 Å². The second kappa shape index (κ2) is 17.0. The molecule has 1 saturated heterocycles. The number of likely N-dealkylation sites (tertiary alicyclic amines) is 1. The Morgan fingerprint density at radius 3 is 2.40 bits per heavy atom. The molecule has 2 aromatic carbocycles. The second-order valence-corrected chi connectivity index (χ2v) is 12.8. The Labute approximate surface area is 280 Å². The monoisotopic (exact) mass is 667 g/mol. The van der Waals surface area contributed by atoms with E-state index in [2.05, 4.69) is 10.6 Å². The van der Waals surface area contributed by atoms with Gasteiger partial charge in [0, 0.05) is 31.1 Å². The number of hydrogen-bond acceptors (Lipinski definition) is 6. The number of aliphatic hydroxyl groups is 1. The minimum Gasteiger partial charge on any atom is -0.390 e. The number of aryl methyl sites for hydroxylation is 1. The van der Waals surface area contributed by atoms with Crippen LogP contribution in [0.4, 0.5) is 4.39 Å². The van der Waals surface area contributed by atoms with Crippen LogP contribution < -0.4 is 16.4 Å². The van der Waals surface area contributed by atoms with Crippen LogP contribution in [0.5, 0.6) is 0 Å². The zero-order valence-corrected chi connectivity index (χ0v) is 27.7. The third kappa shape index (κ3) is 9.86. The van der Waals surface area contributed by atoms with Crippen molar-refractivity contribution in [1.82, 2.24) is 15.5 Å². The number of benzene rings is 2. The number of rotatable bonds is 14. The van der Waals surface area contributed by atoms with E-state index in [-0.39, 0.29) is 49.1 Å². The number of nitrogens with two attached hydrogens (primary N) is 1. The summed E-state index contributed by atoms with van der Waals surface area (Å²) in [5.41, 5.74) is 4.97. The quantitative estimate of drug-likeness (QED) is 0.177. The third-order valence-electron chi connectivity index (χ3n) is 8.54. The van der Waals surface area contributed by atoms with Gasteiger partial charge in [-0.15, -0.1) is 0 Å². The molecule has 2 unspecified atom stereocenters. The first kappa shape index (κ1) is 37.2. The Balaban J connectivity index is 1.88. The number of nitriles is 1. The summed E-state index contributed by atoms with van der Waals surface area (Å²) in [6, 6.07) is 14.6. The van der Waals surface area contributed by atoms with Crippen LogP contribution in [0.25, 0.3) is 0 Å². The van der Waals surface area contributed by atoms with Gasteiger partial charge in [-0.25, -0.2) is 4.39 Å². The summed E-state index contributed by atoms with van der Waals surface area (Å²) >= 11 is 6.30. The lowest BCUT2D eigenvalue weighted by molar-refractivity contribution is -0.147. The van der Waals surface area contributed by atoms with Crippen molar-refractivity contribution in [2.45, 2.75) is 71.1 Å². The van der Waals surface area contributed by atoms with Crippen LogP contribution >= 0.6 is 11.6 Å². The van der Waals surface area contributed by atoms with E-state index in [9.17, 15) is 33.9 Å². The van der Waals surface area contributed by atoms with Gasteiger partial charge in [0.1, 0.15) is 17.5 Å². The highest BCUT2D eigenvalue weighted by molar-refractivity contribution is 6.31. The van der Waals surface area contributed by atoms with E-state index in [1.54, 1.807) is 41.3 Å². The van der Waals surface area contributed by atoms with Crippen molar-refractivity contribution in [3.05, 3.63) is 82.1 Å². The summed E-state index contributed by atoms with van der Waals surface area (Å²) in [6.45, 7) is 5.68. The highest BCUT2D eigenvalue weighted by Crippen LogP contribution is 2.34. The number of aliphatic hydroxyl groups excluding tert-OH is 1. The maximum absolute atomic E-state index is 14.0. The molecular formula is C35H43ClFN5O5. The van der Waals surface area contributed by atoms with E-state index in [0.29, 0.717) is 42.1 Å². The van der Waals surface area contributed by atoms with Gasteiger partial charge in [0.25, 0.3) is 5.91 Å². The van der Waals surface area contributed by atoms with Gasteiger partial charge < -0.3 is 26.4 Å². The average molecular weight is 668 g/mol. The molecule has 1 aliphatic rings. The normalized spacial score (nSPS) is 16.5. The van der Waals surface area contributed by atoms with Gasteiger partial charge in [-0.3, -0.25) is 19.2 Å². The molecule has 1 heterocycles. The number of carbonyl (C=O) groups is 4. The number of carbonyl (C=O) groups excluding carboxylic acids is 4. The Morgan fingerprint density at radius 1 is 1.15 bits per heavy atom. The molecule has 0 bridgehead atoms. The summed E-state index contributed by atoms with van der Waals surface area (Å²) in [7, 11) is 0. The molecule has 252 valence electrons. The van der Waals surface area contributed by atoms with Crippen LogP contribution in [-0.2, 0) is 32.1 Å². The summed E-state index contributed by atoms with van der Waals surface area (Å²) in [4.78, 5) is 55.1. The van der Waals surface area contributed by atoms with Crippen LogP contribution in [0, 0.1) is 34.9 Å². The Hall–Kier alpha value is -4.27. The number of nitrogens with zero attached hydrogens (tertiary/aromatic N) is 2. The van der Waals surface area contributed by atoms with E-state index in [4.69, 9.17) is 17.3 Å². The predicted molar refractivity (Wildman–Crippen MR) is 176 cm³/mol. The van der Waals surface area contributed by atoms with Crippen LogP contribution in [-0.4, -0.2) is 58.4 Å². The summed E-state index contributed by atoms with van der Waals surface area (Å²) in [5.74, 6) is -4.67. The van der Waals surface area contributed by atoms with E-state index in [0.717, 1.165) is 0 Å². The Kier molecular flexibility index (Phi) is 13.5. The van der Waals surface area contributed by atoms with E-state index in [1.807, 2.05) is 19.9 Å². The number of primary amides is 1. The third-order valence-corrected chi connectivity index (χ3v) is 8.91. The van der Waals surface area contributed by atoms with E-state index in [1.165, 1.54) is 25.1 Å². The average Bonchev–Trinajstić information content (AvgIpc) is 3.03. The number of piperidine rings is 1. The largest absolute Gasteiger partial charge is 0.390 e. The minimum atomic E-state index is -2.19. The smallest absolute Gasteiger partial charge is 0.264 e. The molecule has 4 amide bonds. The molecule has 0 spiro atoms. The lowest BCUT2D eigenvalue weighted by Gasteiger charge is -2.42. The van der Waals surface area contributed by atoms with Gasteiger partial charge >= 0.3 is 0 Å². The van der Waals surface area contributed by atoms with Crippen LogP contribution in [0.3, 0.4) is 0 Å². The van der Waals surface area contributed by atoms with Gasteiger partial charge in [-0.2, -0.15) is 5.26 Å². The molecule has 10 nitrogen and oxygen atoms in total. The SMILES string of the molecule is CC(C)C=C(C#N)C(=O)N1CCC(C[C@H](C(=O)NCc2ccccc2Cl)C(NC(=O)CCc2cccc(F)c2)(C(N)=O)C(C)O)CC1. The van der Waals surface area contributed by atoms with Gasteiger partial charge in [-0.05, 0) is 73.8 Å². The molecule has 0 aliphatic carbocycles. The predicted octanol–water partition coefficient (Wildman–Crippen LogP) is 3.80. The fourth-order valence-electron chi connectivity index (χ4n) is 5.98. The van der Waals surface area contributed by atoms with Crippen molar-refractivity contribution >= 4 is 35.2 Å². The summed E-state index contributed by atoms with van der Waals surface area (Å²) in [5, 5.41) is 26.4. The zero-order chi connectivity index (χ0) is 34.7. The van der Waals surface area contributed by atoms with Crippen molar-refractivity contribution in [2.75, 3.05) is 13.1 Å². The fourth-order valence-corrected chi connectivity index (χ4v) is 6.18. The van der Waals surface area contributed by atoms with Crippen molar-refractivity contribution in [3.8, 4) is 6.07 Å². The lowest BCUT2D eigenvalue weighted by atomic mass is 9.72. The molecule has 0 radical (unpaired) electrons. The van der Waals surface area contributed by atoms with Gasteiger partial charge in [-0.1, -0.05) is 61.9 Å². The van der Waals surface area contributed by atoms with E-state index >= 15 is 0 Å². The highest BCUT2D eigenvalue weighted by Gasteiger charge is 2.53. The number of nitrogens with one attached hydrogen (secondary N) is 2. The maximum atomic E-state index is 14.0. The number of amides is 4. The number of allylic oxidation sites excluding steroid dienone is 1. The molecule has 1 fully saturated rings. The highest BCUT2D eigenvalue weighted by atomic mass is 35.5. The first-order chi connectivity index (χ1) is 22.3. The molecular weight excluding hydrogens is 625 g/mol. The molecule has 3 atom stereocenters. The van der Waals surface area contributed by atoms with Gasteiger partial charge in [0.05, 0.1) is 12.0 Å². The molecule has 5 N–H and O–H groups in total. The minimum absolute atomic E-state index is 0.0163. The molecule has 12 heteroatoms. The van der Waals surface area contributed by atoms with Crippen LogP contribution in [0.15, 0.2) is 60.2 Å². The first-order valence-electron chi connectivity index (χ1n) is 15.7. The lowest BCUT2D eigenvalue weighted by Crippen LogP contribution is -2.70. The Morgan fingerprint density at radius 2 is 1.83 bits per heavy atom.